The van der Waals surface area contributed by atoms with Crippen molar-refractivity contribution < 1.29 is 4.92 Å². The molecule has 1 aromatic rings. The Balaban J connectivity index is 2.50. The van der Waals surface area contributed by atoms with Crippen LogP contribution in [0.25, 0.3) is 0 Å². The molecule has 15 heavy (non-hydrogen) atoms. The van der Waals surface area contributed by atoms with Crippen LogP contribution in [0.1, 0.15) is 19.3 Å². The summed E-state index contributed by atoms with van der Waals surface area (Å²) in [6.07, 6.45) is 4.47. The Kier molecular flexibility index (Phi) is 5.04. The normalized spacial score (nSPS) is 10.5. The Morgan fingerprint density at radius 3 is 2.80 bits per heavy atom. The maximum Gasteiger partial charge on any atom is 0.383 e. The van der Waals surface area contributed by atoms with Crippen molar-refractivity contribution in [3.8, 4) is 0 Å². The van der Waals surface area contributed by atoms with Crippen LogP contribution in [0.2, 0.25) is 5.28 Å². The zero-order chi connectivity index (χ0) is 11.3. The minimum Gasteiger partial charge on any atom is -0.358 e. The molecule has 0 saturated carbocycles. The van der Waals surface area contributed by atoms with E-state index in [1.54, 1.807) is 4.57 Å². The van der Waals surface area contributed by atoms with Crippen molar-refractivity contribution in [2.45, 2.75) is 25.8 Å². The minimum atomic E-state index is -0.541. The molecule has 0 aromatic carbocycles. The number of hydrogen-bond donors (Lipinski definition) is 0. The summed E-state index contributed by atoms with van der Waals surface area (Å²) in [5.41, 5.74) is 0. The van der Waals surface area contributed by atoms with Crippen molar-refractivity contribution in [2.24, 2.45) is 0 Å². The van der Waals surface area contributed by atoms with Crippen LogP contribution in [-0.2, 0) is 6.54 Å². The summed E-state index contributed by atoms with van der Waals surface area (Å²) in [5, 5.41) is 11.6. The van der Waals surface area contributed by atoms with Gasteiger partial charge in [-0.1, -0.05) is 22.4 Å². The Bertz CT molecular complexity index is 343. The molecule has 0 aliphatic rings. The number of aromatic nitrogens is 2. The van der Waals surface area contributed by atoms with Gasteiger partial charge in [0.25, 0.3) is 0 Å². The second-order valence-electron chi connectivity index (χ2n) is 3.07. The first kappa shape index (κ1) is 12.4. The molecular formula is C8H11BrClN3O2. The van der Waals surface area contributed by atoms with Crippen molar-refractivity contribution in [2.75, 3.05) is 5.33 Å². The van der Waals surface area contributed by atoms with Gasteiger partial charge in [0.1, 0.15) is 6.20 Å². The third-order valence-corrected chi connectivity index (χ3v) is 2.80. The Hall–Kier alpha value is -0.620. The van der Waals surface area contributed by atoms with E-state index in [0.717, 1.165) is 24.6 Å². The van der Waals surface area contributed by atoms with Gasteiger partial charge < -0.3 is 10.1 Å². The van der Waals surface area contributed by atoms with Gasteiger partial charge in [-0.25, -0.2) is 0 Å². The average Bonchev–Trinajstić information content (AvgIpc) is 2.55. The van der Waals surface area contributed by atoms with Gasteiger partial charge >= 0.3 is 11.1 Å². The third-order valence-electron chi connectivity index (χ3n) is 1.93. The van der Waals surface area contributed by atoms with Crippen molar-refractivity contribution in [3.63, 3.8) is 0 Å². The van der Waals surface area contributed by atoms with Gasteiger partial charge in [-0.15, -0.1) is 0 Å². The number of hydrogen-bond acceptors (Lipinski definition) is 3. The molecule has 0 radical (unpaired) electrons. The lowest BCUT2D eigenvalue weighted by Crippen LogP contribution is -1.96. The molecule has 7 heteroatoms. The topological polar surface area (TPSA) is 61.0 Å². The molecule has 84 valence electrons. The number of imidazole rings is 1. The maximum absolute atomic E-state index is 10.4. The summed E-state index contributed by atoms with van der Waals surface area (Å²) >= 11 is 9.08. The number of nitrogens with zero attached hydrogens (tertiary/aromatic N) is 3. The Morgan fingerprint density at radius 2 is 2.27 bits per heavy atom. The summed E-state index contributed by atoms with van der Waals surface area (Å²) in [6, 6.07) is 0. The summed E-state index contributed by atoms with van der Waals surface area (Å²) in [5.74, 6) is -0.194. The third kappa shape index (κ3) is 3.79. The van der Waals surface area contributed by atoms with Crippen molar-refractivity contribution >= 4 is 33.3 Å². The number of nitro groups is 1. The lowest BCUT2D eigenvalue weighted by Gasteiger charge is -1.99. The summed E-state index contributed by atoms with van der Waals surface area (Å²) in [7, 11) is 0. The van der Waals surface area contributed by atoms with E-state index in [1.807, 2.05) is 0 Å². The highest BCUT2D eigenvalue weighted by atomic mass is 79.9. The largest absolute Gasteiger partial charge is 0.383 e. The van der Waals surface area contributed by atoms with Gasteiger partial charge in [-0.3, -0.25) is 4.57 Å². The number of alkyl halides is 1. The standard InChI is InChI=1S/C8H11BrClN3O2/c9-4-2-1-3-5-12-6-7(13(14)15)11-8(12)10/h6H,1-5H2. The van der Waals surface area contributed by atoms with E-state index in [-0.39, 0.29) is 11.1 Å². The molecule has 1 heterocycles. The molecule has 0 atom stereocenters. The van der Waals surface area contributed by atoms with E-state index in [9.17, 15) is 10.1 Å². The van der Waals surface area contributed by atoms with E-state index in [0.29, 0.717) is 6.54 Å². The molecule has 5 nitrogen and oxygen atoms in total. The van der Waals surface area contributed by atoms with Crippen LogP contribution in [-0.4, -0.2) is 19.8 Å². The fourth-order valence-electron chi connectivity index (χ4n) is 1.18. The Morgan fingerprint density at radius 1 is 1.53 bits per heavy atom. The van der Waals surface area contributed by atoms with Crippen LogP contribution in [0.4, 0.5) is 5.82 Å². The molecule has 0 fully saturated rings. The lowest BCUT2D eigenvalue weighted by molar-refractivity contribution is -0.389. The van der Waals surface area contributed by atoms with Crippen LogP contribution in [0.15, 0.2) is 6.20 Å². The van der Waals surface area contributed by atoms with Gasteiger partial charge in [-0.05, 0) is 34.3 Å². The first-order chi connectivity index (χ1) is 7.15. The second-order valence-corrected chi connectivity index (χ2v) is 4.20. The quantitative estimate of drug-likeness (QED) is 0.351. The fourth-order valence-corrected chi connectivity index (χ4v) is 1.79. The van der Waals surface area contributed by atoms with E-state index < -0.39 is 4.92 Å². The molecule has 0 aliphatic carbocycles. The summed E-state index contributed by atoms with van der Waals surface area (Å²) < 4.78 is 1.61. The van der Waals surface area contributed by atoms with Crippen molar-refractivity contribution in [1.82, 2.24) is 9.55 Å². The molecule has 0 unspecified atom stereocenters. The molecule has 0 N–H and O–H groups in total. The summed E-state index contributed by atoms with van der Waals surface area (Å²) in [6.45, 7) is 0.673. The van der Waals surface area contributed by atoms with Crippen molar-refractivity contribution in [3.05, 3.63) is 21.6 Å². The van der Waals surface area contributed by atoms with Gasteiger partial charge in [0, 0.05) is 11.9 Å². The van der Waals surface area contributed by atoms with E-state index in [4.69, 9.17) is 11.6 Å². The molecule has 0 amide bonds. The SMILES string of the molecule is O=[N+]([O-])c1cn(CCCCCBr)c(Cl)n1. The predicted molar refractivity (Wildman–Crippen MR) is 61.5 cm³/mol. The molecule has 1 rings (SSSR count). The predicted octanol–water partition coefficient (Wildman–Crippen LogP) is 3.01. The van der Waals surface area contributed by atoms with E-state index in [1.165, 1.54) is 6.20 Å². The maximum atomic E-state index is 10.4. The van der Waals surface area contributed by atoms with Crippen molar-refractivity contribution in [1.29, 1.82) is 0 Å². The highest BCUT2D eigenvalue weighted by molar-refractivity contribution is 9.09. The number of unbranched alkanes of at least 4 members (excludes halogenated alkanes) is 2. The zero-order valence-electron chi connectivity index (χ0n) is 8.03. The summed E-state index contributed by atoms with van der Waals surface area (Å²) in [4.78, 5) is 13.5. The van der Waals surface area contributed by atoms with Crippen LogP contribution in [0.5, 0.6) is 0 Å². The number of rotatable bonds is 6. The van der Waals surface area contributed by atoms with Gasteiger partial charge in [0.15, 0.2) is 0 Å². The Labute approximate surface area is 101 Å². The minimum absolute atomic E-state index is 0.181. The second kappa shape index (κ2) is 6.07. The number of aryl methyl sites for hydroxylation is 1. The monoisotopic (exact) mass is 295 g/mol. The highest BCUT2D eigenvalue weighted by Crippen LogP contribution is 2.16. The van der Waals surface area contributed by atoms with E-state index >= 15 is 0 Å². The molecular weight excluding hydrogens is 285 g/mol. The van der Waals surface area contributed by atoms with Crippen LogP contribution in [0, 0.1) is 10.1 Å². The molecule has 0 spiro atoms. The van der Waals surface area contributed by atoms with Gasteiger partial charge in [-0.2, -0.15) is 0 Å². The average molecular weight is 297 g/mol. The number of halogens is 2. The highest BCUT2D eigenvalue weighted by Gasteiger charge is 2.15. The smallest absolute Gasteiger partial charge is 0.358 e. The first-order valence-corrected chi connectivity index (χ1v) is 6.08. The van der Waals surface area contributed by atoms with E-state index in [2.05, 4.69) is 20.9 Å². The van der Waals surface area contributed by atoms with Gasteiger partial charge in [0.2, 0.25) is 0 Å². The first-order valence-electron chi connectivity index (χ1n) is 4.58. The molecule has 0 saturated heterocycles. The van der Waals surface area contributed by atoms with Crippen LogP contribution in [0.3, 0.4) is 0 Å². The zero-order valence-corrected chi connectivity index (χ0v) is 10.4. The molecule has 0 bridgehead atoms. The van der Waals surface area contributed by atoms with Crippen LogP contribution >= 0.6 is 27.5 Å². The molecule has 1 aromatic heterocycles. The van der Waals surface area contributed by atoms with Crippen LogP contribution < -0.4 is 0 Å². The van der Waals surface area contributed by atoms with Gasteiger partial charge in [0.05, 0.1) is 0 Å². The lowest BCUT2D eigenvalue weighted by atomic mass is 10.2. The molecule has 0 aliphatic heterocycles. The fraction of sp³-hybridized carbons (Fsp3) is 0.625.